The predicted molar refractivity (Wildman–Crippen MR) is 77.3 cm³/mol. The largest absolute Gasteiger partial charge is 0.0623 e. The number of nitrogens with two attached hydrogens (primary N) is 1. The van der Waals surface area contributed by atoms with Gasteiger partial charge in [0.25, 0.3) is 10.3 Å². The Bertz CT molecular complexity index is 243. The van der Waals surface area contributed by atoms with Crippen molar-refractivity contribution in [3.05, 3.63) is 36.4 Å². The minimum absolute atomic E-state index is 0. The minimum atomic E-state index is -0.500. The smallest absolute Gasteiger partial charge is 0.0623 e. The Kier molecular flexibility index (Phi) is 22.3. The van der Waals surface area contributed by atoms with E-state index in [1.165, 1.54) is 0 Å². The second kappa shape index (κ2) is 17.0. The summed E-state index contributed by atoms with van der Waals surface area (Å²) in [6, 6.07) is 12.0. The molecule has 4 nitrogen and oxygen atoms in total. The molecule has 0 heterocycles. The van der Waals surface area contributed by atoms with E-state index in [9.17, 15) is 0 Å². The van der Waals surface area contributed by atoms with E-state index in [-0.39, 0.29) is 34.7 Å². The molecule has 0 spiro atoms. The molecule has 0 radical (unpaired) electrons. The fourth-order valence-corrected chi connectivity index (χ4v) is 0.385. The molecule has 0 bridgehead atoms. The molecule has 1 aromatic carbocycles. The van der Waals surface area contributed by atoms with E-state index < -0.39 is 5.17 Å². The van der Waals surface area contributed by atoms with E-state index in [2.05, 4.69) is 35.5 Å². The van der Waals surface area contributed by atoms with Crippen molar-refractivity contribution in [2.75, 3.05) is 7.05 Å². The molecule has 0 amide bonds. The summed E-state index contributed by atoms with van der Waals surface area (Å²) < 4.78 is 0. The summed E-state index contributed by atoms with van der Waals surface area (Å²) in [6.07, 6.45) is 0. The second-order valence-electron chi connectivity index (χ2n) is 2.05. The summed E-state index contributed by atoms with van der Waals surface area (Å²) in [4.78, 5) is 0. The molecule has 0 aliphatic heterocycles. The monoisotopic (exact) mass is 270 g/mol. The first-order valence-corrected chi connectivity index (χ1v) is 4.71. The fourth-order valence-electron chi connectivity index (χ4n) is 0.385. The summed E-state index contributed by atoms with van der Waals surface area (Å²) in [5, 5.41) is 17.2. The van der Waals surface area contributed by atoms with Crippen LogP contribution in [-0.2, 0) is 0 Å². The Morgan fingerprint density at radius 1 is 1.00 bits per heavy atom. The van der Waals surface area contributed by atoms with Crippen LogP contribution < -0.4 is 11.1 Å². The van der Waals surface area contributed by atoms with Gasteiger partial charge >= 0.3 is 29.6 Å². The summed E-state index contributed by atoms with van der Waals surface area (Å²) in [6.45, 7) is 0. The first-order valence-electron chi connectivity index (χ1n) is 3.89. The van der Waals surface area contributed by atoms with E-state index in [4.69, 9.17) is 10.2 Å². The van der Waals surface area contributed by atoms with Gasteiger partial charge in [-0.1, -0.05) is 36.4 Å². The molecular formula is C9H15N2NaO2S2. The molecular weight excluding hydrogens is 255 g/mol. The van der Waals surface area contributed by atoms with Crippen molar-refractivity contribution >= 4 is 64.3 Å². The quantitative estimate of drug-likeness (QED) is 0.414. The van der Waals surface area contributed by atoms with E-state index in [0.717, 1.165) is 0 Å². The predicted octanol–water partition coefficient (Wildman–Crippen LogP) is 0.875. The van der Waals surface area contributed by atoms with Gasteiger partial charge in [-0.3, -0.25) is 0 Å². The number of thiocarbonyl (C=S) groups is 2. The summed E-state index contributed by atoms with van der Waals surface area (Å²) in [5.74, 6) is 0. The number of nitrogens with one attached hydrogen (secondary N) is 1. The van der Waals surface area contributed by atoms with Crippen LogP contribution in [0.15, 0.2) is 36.4 Å². The third-order valence-corrected chi connectivity index (χ3v) is 1.08. The fraction of sp³-hybridized carbons (Fsp3) is 0.111. The zero-order chi connectivity index (χ0) is 12.1. The Balaban J connectivity index is -0.000000158. The van der Waals surface area contributed by atoms with Crippen molar-refractivity contribution in [1.29, 1.82) is 0 Å². The second-order valence-corrected chi connectivity index (χ2v) is 2.85. The van der Waals surface area contributed by atoms with Crippen LogP contribution in [0.5, 0.6) is 0 Å². The zero-order valence-electron chi connectivity index (χ0n) is 8.25. The molecule has 7 heteroatoms. The van der Waals surface area contributed by atoms with Crippen LogP contribution in [0.1, 0.15) is 0 Å². The van der Waals surface area contributed by atoms with Gasteiger partial charge in [0.1, 0.15) is 0 Å². The van der Waals surface area contributed by atoms with Crippen LogP contribution in [0.4, 0.5) is 0 Å². The van der Waals surface area contributed by atoms with Crippen LogP contribution in [0.25, 0.3) is 0 Å². The molecule has 0 saturated carbocycles. The van der Waals surface area contributed by atoms with Gasteiger partial charge in [-0.05, 0) is 24.4 Å². The number of hydrogen-bond acceptors (Lipinski definition) is 2. The van der Waals surface area contributed by atoms with Crippen molar-refractivity contribution in [2.24, 2.45) is 5.73 Å². The zero-order valence-corrected chi connectivity index (χ0v) is 9.89. The minimum Gasteiger partial charge on any atom is -0.0623 e. The van der Waals surface area contributed by atoms with Crippen LogP contribution in [0.2, 0.25) is 0 Å². The standard InChI is InChI=1S/C6H6.C2H5NOS.CH3NOS.Na.H/c1-2-4-6-5-3-1;1-3-2(4)5;2-1(3)4;;/h1-6H;1H3,(H2,3,4,5);(H3,2,3,4);;. The van der Waals surface area contributed by atoms with Gasteiger partial charge in [0.2, 0.25) is 0 Å². The maximum atomic E-state index is 7.98. The average molecular weight is 270 g/mol. The maximum Gasteiger partial charge on any atom is -0.0623 e. The number of aliphatic hydroxyl groups is 2. The number of rotatable bonds is 0. The number of hydrogen-bond donors (Lipinski definition) is 4. The van der Waals surface area contributed by atoms with Gasteiger partial charge in [-0.25, -0.2) is 0 Å². The van der Waals surface area contributed by atoms with Gasteiger partial charge in [-0.15, -0.1) is 0 Å². The molecule has 5 N–H and O–H groups in total. The Morgan fingerprint density at radius 3 is 1.19 bits per heavy atom. The van der Waals surface area contributed by atoms with Crippen molar-refractivity contribution in [2.45, 2.75) is 0 Å². The first kappa shape index (κ1) is 20.9. The van der Waals surface area contributed by atoms with E-state index in [0.29, 0.717) is 0 Å². The van der Waals surface area contributed by atoms with Gasteiger partial charge in [0, 0.05) is 7.05 Å². The van der Waals surface area contributed by atoms with E-state index in [1.54, 1.807) is 7.05 Å². The SMILES string of the molecule is CNC(O)=S.NC(O)=S.[NaH].c1ccccc1. The van der Waals surface area contributed by atoms with Gasteiger partial charge in [0.15, 0.2) is 0 Å². The summed E-state index contributed by atoms with van der Waals surface area (Å²) >= 11 is 8.01. The Morgan fingerprint density at radius 2 is 1.12 bits per heavy atom. The van der Waals surface area contributed by atoms with Crippen LogP contribution in [-0.4, -0.2) is 57.2 Å². The number of benzene rings is 1. The normalized spacial score (nSPS) is 6.56. The molecule has 86 valence electrons. The Labute approximate surface area is 128 Å². The average Bonchev–Trinajstić information content (AvgIpc) is 2.20. The molecule has 0 aliphatic rings. The molecule has 0 atom stereocenters. The maximum absolute atomic E-state index is 7.98. The molecule has 0 saturated heterocycles. The van der Waals surface area contributed by atoms with E-state index >= 15 is 0 Å². The molecule has 0 aliphatic carbocycles. The van der Waals surface area contributed by atoms with Gasteiger partial charge in [0.05, 0.1) is 0 Å². The molecule has 16 heavy (non-hydrogen) atoms. The third-order valence-electron chi connectivity index (χ3n) is 0.881. The third kappa shape index (κ3) is 37.4. The van der Waals surface area contributed by atoms with Crippen molar-refractivity contribution in [1.82, 2.24) is 5.32 Å². The topological polar surface area (TPSA) is 78.5 Å². The number of aliphatic hydroxyl groups excluding tert-OH is 2. The summed E-state index contributed by atoms with van der Waals surface area (Å²) in [5.41, 5.74) is 4.40. The molecule has 1 rings (SSSR count). The van der Waals surface area contributed by atoms with Crippen LogP contribution in [0.3, 0.4) is 0 Å². The molecule has 1 aromatic rings. The van der Waals surface area contributed by atoms with Crippen molar-refractivity contribution < 1.29 is 10.2 Å². The molecule has 0 aromatic heterocycles. The van der Waals surface area contributed by atoms with E-state index in [1.807, 2.05) is 36.4 Å². The Hall–Kier alpha value is -0.400. The molecule has 0 fully saturated rings. The summed E-state index contributed by atoms with van der Waals surface area (Å²) in [7, 11) is 1.56. The van der Waals surface area contributed by atoms with Gasteiger partial charge in [-0.2, -0.15) is 0 Å². The van der Waals surface area contributed by atoms with Crippen molar-refractivity contribution in [3.63, 3.8) is 0 Å². The first-order chi connectivity index (χ1) is 7.00. The van der Waals surface area contributed by atoms with Crippen LogP contribution in [0, 0.1) is 0 Å². The van der Waals surface area contributed by atoms with Crippen LogP contribution >= 0.6 is 24.4 Å². The molecule has 0 unspecified atom stereocenters. The van der Waals surface area contributed by atoms with Crippen molar-refractivity contribution in [3.8, 4) is 0 Å². The van der Waals surface area contributed by atoms with Gasteiger partial charge < -0.3 is 21.3 Å².